The zero-order valence-electron chi connectivity index (χ0n) is 9.34. The molecule has 0 heterocycles. The molecule has 2 aromatic rings. The van der Waals surface area contributed by atoms with E-state index in [0.29, 0.717) is 10.0 Å². The van der Waals surface area contributed by atoms with E-state index < -0.39 is 0 Å². The average Bonchev–Trinajstić information content (AvgIpc) is 2.34. The van der Waals surface area contributed by atoms with Gasteiger partial charge >= 0.3 is 0 Å². The van der Waals surface area contributed by atoms with Crippen molar-refractivity contribution in [3.63, 3.8) is 0 Å². The summed E-state index contributed by atoms with van der Waals surface area (Å²) in [5.41, 5.74) is 2.40. The van der Waals surface area contributed by atoms with Crippen LogP contribution in [0.3, 0.4) is 0 Å². The topological polar surface area (TPSA) is 0 Å². The third-order valence-electron chi connectivity index (χ3n) is 2.63. The lowest BCUT2D eigenvalue weighted by Gasteiger charge is -2.11. The van der Waals surface area contributed by atoms with Crippen LogP contribution in [-0.4, -0.2) is 0 Å². The minimum Gasteiger partial charge on any atom is -0.0835 e. The van der Waals surface area contributed by atoms with Crippen molar-refractivity contribution in [1.82, 2.24) is 0 Å². The molecule has 18 heavy (non-hydrogen) atoms. The second-order valence-electron chi connectivity index (χ2n) is 3.97. The summed E-state index contributed by atoms with van der Waals surface area (Å²) in [4.78, 5) is 0.267. The molecule has 0 saturated carbocycles. The van der Waals surface area contributed by atoms with Gasteiger partial charge in [0, 0.05) is 9.30 Å². The molecule has 0 aromatic heterocycles. The largest absolute Gasteiger partial charge is 0.0835 e. The molecular weight excluding hydrogens is 399 g/mol. The molecule has 0 aliphatic rings. The van der Waals surface area contributed by atoms with Crippen molar-refractivity contribution in [2.45, 2.75) is 11.2 Å². The van der Waals surface area contributed by atoms with Crippen molar-refractivity contribution < 1.29 is 0 Å². The first-order valence-corrected chi connectivity index (χ1v) is 7.86. The molecular formula is C14H10Br2Cl2. The molecule has 0 aliphatic carbocycles. The van der Waals surface area contributed by atoms with E-state index in [1.165, 1.54) is 5.56 Å². The van der Waals surface area contributed by atoms with E-state index in [2.05, 4.69) is 44.0 Å². The van der Waals surface area contributed by atoms with Crippen molar-refractivity contribution in [2.24, 2.45) is 0 Å². The maximum absolute atomic E-state index is 6.01. The van der Waals surface area contributed by atoms with E-state index in [4.69, 9.17) is 23.2 Å². The van der Waals surface area contributed by atoms with Crippen molar-refractivity contribution in [1.29, 1.82) is 0 Å². The number of alkyl halides is 1. The van der Waals surface area contributed by atoms with Gasteiger partial charge in [-0.3, -0.25) is 0 Å². The Hall–Kier alpha value is -0.0200. The number of halogens is 4. The zero-order chi connectivity index (χ0) is 13.1. The summed E-state index contributed by atoms with van der Waals surface area (Å²) in [5.74, 6) is 0. The average molecular weight is 409 g/mol. The first kappa shape index (κ1) is 14.4. The van der Waals surface area contributed by atoms with E-state index in [9.17, 15) is 0 Å². The van der Waals surface area contributed by atoms with Gasteiger partial charge in [0.05, 0.1) is 10.0 Å². The molecule has 2 aromatic carbocycles. The first-order valence-electron chi connectivity index (χ1n) is 5.40. The molecule has 4 heteroatoms. The van der Waals surface area contributed by atoms with Gasteiger partial charge in [-0.05, 0) is 41.8 Å². The third kappa shape index (κ3) is 3.74. The highest BCUT2D eigenvalue weighted by Gasteiger charge is 2.09. The molecule has 0 radical (unpaired) electrons. The van der Waals surface area contributed by atoms with Crippen molar-refractivity contribution in [3.8, 4) is 0 Å². The van der Waals surface area contributed by atoms with Crippen LogP contribution >= 0.6 is 55.1 Å². The van der Waals surface area contributed by atoms with Gasteiger partial charge < -0.3 is 0 Å². The first-order chi connectivity index (χ1) is 8.56. The molecule has 2 rings (SSSR count). The quantitative estimate of drug-likeness (QED) is 0.513. The second kappa shape index (κ2) is 6.42. The molecule has 0 nitrogen and oxygen atoms in total. The monoisotopic (exact) mass is 406 g/mol. The van der Waals surface area contributed by atoms with Crippen LogP contribution in [0.5, 0.6) is 0 Å². The summed E-state index contributed by atoms with van der Waals surface area (Å²) >= 11 is 19.0. The lowest BCUT2D eigenvalue weighted by atomic mass is 10.0. The Kier molecular flexibility index (Phi) is 5.14. The van der Waals surface area contributed by atoms with Crippen LogP contribution in [0.2, 0.25) is 10.0 Å². The zero-order valence-corrected chi connectivity index (χ0v) is 14.0. The van der Waals surface area contributed by atoms with Gasteiger partial charge in [-0.2, -0.15) is 0 Å². The van der Waals surface area contributed by atoms with Crippen molar-refractivity contribution in [2.75, 3.05) is 0 Å². The van der Waals surface area contributed by atoms with Crippen LogP contribution in [0.4, 0.5) is 0 Å². The molecule has 0 bridgehead atoms. The van der Waals surface area contributed by atoms with Crippen LogP contribution < -0.4 is 0 Å². The van der Waals surface area contributed by atoms with Gasteiger partial charge in [0.15, 0.2) is 0 Å². The molecule has 94 valence electrons. The molecule has 0 amide bonds. The van der Waals surface area contributed by atoms with Gasteiger partial charge in [-0.1, -0.05) is 73.3 Å². The predicted molar refractivity (Wildman–Crippen MR) is 86.0 cm³/mol. The van der Waals surface area contributed by atoms with Crippen molar-refractivity contribution >= 4 is 55.1 Å². The summed E-state index contributed by atoms with van der Waals surface area (Å²) in [6, 6.07) is 14.0. The van der Waals surface area contributed by atoms with E-state index in [1.54, 1.807) is 0 Å². The standard InChI is InChI=1S/C14H10Br2Cl2/c15-11-4-2-10(3-5-11)12(16)7-9-1-6-13(17)14(18)8-9/h1-6,8,12H,7H2. The summed E-state index contributed by atoms with van der Waals surface area (Å²) in [7, 11) is 0. The highest BCUT2D eigenvalue weighted by molar-refractivity contribution is 9.10. The molecule has 1 atom stereocenters. The Balaban J connectivity index is 2.13. The van der Waals surface area contributed by atoms with Crippen LogP contribution in [0, 0.1) is 0 Å². The molecule has 0 N–H and O–H groups in total. The molecule has 1 unspecified atom stereocenters. The lowest BCUT2D eigenvalue weighted by molar-refractivity contribution is 0.949. The van der Waals surface area contributed by atoms with E-state index in [1.807, 2.05) is 30.3 Å². The van der Waals surface area contributed by atoms with E-state index >= 15 is 0 Å². The Bertz CT molecular complexity index is 538. The fourth-order valence-electron chi connectivity index (χ4n) is 1.66. The van der Waals surface area contributed by atoms with Gasteiger partial charge in [-0.25, -0.2) is 0 Å². The van der Waals surface area contributed by atoms with Gasteiger partial charge in [0.2, 0.25) is 0 Å². The molecule has 0 spiro atoms. The number of hydrogen-bond acceptors (Lipinski definition) is 0. The van der Waals surface area contributed by atoms with E-state index in [-0.39, 0.29) is 4.83 Å². The van der Waals surface area contributed by atoms with Gasteiger partial charge in [0.25, 0.3) is 0 Å². The Labute approximate surface area is 134 Å². The van der Waals surface area contributed by atoms with Crippen LogP contribution in [0.1, 0.15) is 16.0 Å². The smallest absolute Gasteiger partial charge is 0.0595 e. The second-order valence-corrected chi connectivity index (χ2v) is 6.81. The number of rotatable bonds is 3. The fourth-order valence-corrected chi connectivity index (χ4v) is 2.93. The lowest BCUT2D eigenvalue weighted by Crippen LogP contribution is -1.95. The number of benzene rings is 2. The Morgan fingerprint density at radius 2 is 1.61 bits per heavy atom. The van der Waals surface area contributed by atoms with E-state index in [0.717, 1.165) is 16.5 Å². The molecule has 0 aliphatic heterocycles. The van der Waals surface area contributed by atoms with Gasteiger partial charge in [0.1, 0.15) is 0 Å². The fraction of sp³-hybridized carbons (Fsp3) is 0.143. The maximum atomic E-state index is 6.01. The third-order valence-corrected chi connectivity index (χ3v) is 4.75. The van der Waals surface area contributed by atoms with Crippen LogP contribution in [0.25, 0.3) is 0 Å². The highest BCUT2D eigenvalue weighted by atomic mass is 79.9. The highest BCUT2D eigenvalue weighted by Crippen LogP contribution is 2.30. The summed E-state index contributed by atoms with van der Waals surface area (Å²) in [5, 5.41) is 1.19. The summed E-state index contributed by atoms with van der Waals surface area (Å²) in [6.45, 7) is 0. The minimum atomic E-state index is 0.267. The van der Waals surface area contributed by atoms with Crippen LogP contribution in [0.15, 0.2) is 46.9 Å². The SMILES string of the molecule is Clc1ccc(CC(Br)c2ccc(Br)cc2)cc1Cl. The molecule has 0 saturated heterocycles. The number of hydrogen-bond donors (Lipinski definition) is 0. The molecule has 0 fully saturated rings. The Morgan fingerprint density at radius 1 is 0.944 bits per heavy atom. The minimum absolute atomic E-state index is 0.267. The summed E-state index contributed by atoms with van der Waals surface area (Å²) in [6.07, 6.45) is 0.874. The Morgan fingerprint density at radius 3 is 2.22 bits per heavy atom. The maximum Gasteiger partial charge on any atom is 0.0595 e. The van der Waals surface area contributed by atoms with Crippen molar-refractivity contribution in [3.05, 3.63) is 68.1 Å². The van der Waals surface area contributed by atoms with Crippen LogP contribution in [-0.2, 0) is 6.42 Å². The van der Waals surface area contributed by atoms with Gasteiger partial charge in [-0.15, -0.1) is 0 Å². The normalized spacial score (nSPS) is 12.4. The summed E-state index contributed by atoms with van der Waals surface area (Å²) < 4.78 is 1.08. The predicted octanol–water partition coefficient (Wildman–Crippen LogP) is 6.43.